The molecule has 0 spiro atoms. The monoisotopic (exact) mass is 395 g/mol. The Balaban J connectivity index is 0.000000233. The fraction of sp³-hybridized carbons (Fsp3) is 0.556. The maximum Gasteiger partial charge on any atom is 0.394 e. The molecule has 2 bridgehead atoms. The van der Waals surface area contributed by atoms with Crippen molar-refractivity contribution in [3.05, 3.63) is 24.7 Å². The molecule has 1 atom stereocenters. The summed E-state index contributed by atoms with van der Waals surface area (Å²) in [6.07, 6.45) is 0.00189. The Kier molecular flexibility index (Phi) is 4.31. The number of anilines is 1. The van der Waals surface area contributed by atoms with E-state index >= 15 is 0 Å². The van der Waals surface area contributed by atoms with Gasteiger partial charge in [0.15, 0.2) is 5.69 Å². The fourth-order valence-corrected chi connectivity index (χ4v) is 4.18. The van der Waals surface area contributed by atoms with Gasteiger partial charge in [0, 0.05) is 24.2 Å². The maximum atomic E-state index is 12.9. The lowest BCUT2D eigenvalue weighted by molar-refractivity contribution is -0.326. The Morgan fingerprint density at radius 3 is 2.57 bits per heavy atom. The number of pyridine rings is 1. The number of hydrogen-bond donors (Lipinski definition) is 2. The van der Waals surface area contributed by atoms with Crippen LogP contribution in [0.5, 0.6) is 0 Å². The molecule has 3 heterocycles. The van der Waals surface area contributed by atoms with Gasteiger partial charge in [-0.05, 0) is 37.8 Å². The maximum absolute atomic E-state index is 12.9. The zero-order chi connectivity index (χ0) is 20.0. The van der Waals surface area contributed by atoms with Gasteiger partial charge >= 0.3 is 6.18 Å². The molecule has 10 heteroatoms. The summed E-state index contributed by atoms with van der Waals surface area (Å²) in [5.41, 5.74) is -0.877. The highest BCUT2D eigenvalue weighted by molar-refractivity contribution is 5.80. The van der Waals surface area contributed by atoms with Crippen LogP contribution in [0.4, 0.5) is 18.9 Å². The normalized spacial score (nSPS) is 30.4. The van der Waals surface area contributed by atoms with E-state index in [0.717, 1.165) is 13.0 Å². The molecule has 1 unspecified atom stereocenters. The van der Waals surface area contributed by atoms with Crippen LogP contribution in [-0.2, 0) is 4.79 Å². The largest absolute Gasteiger partial charge is 0.422 e. The molecule has 4 aliphatic rings. The minimum absolute atomic E-state index is 0.113. The number of rotatable bonds is 3. The first kappa shape index (κ1) is 18.7. The zero-order valence-corrected chi connectivity index (χ0v) is 15.2. The molecule has 4 fully saturated rings. The van der Waals surface area contributed by atoms with Crippen LogP contribution in [0, 0.1) is 11.3 Å². The summed E-state index contributed by atoms with van der Waals surface area (Å²) in [4.78, 5) is 14.6. The van der Waals surface area contributed by atoms with Crippen LogP contribution in [0.2, 0.25) is 0 Å². The van der Waals surface area contributed by atoms with E-state index in [1.54, 1.807) is 18.3 Å². The highest BCUT2D eigenvalue weighted by Crippen LogP contribution is 2.74. The molecular weight excluding hydrogens is 375 g/mol. The Labute approximate surface area is 159 Å². The lowest BCUT2D eigenvalue weighted by Crippen LogP contribution is -2.75. The zero-order valence-electron chi connectivity index (χ0n) is 15.2. The first-order valence-corrected chi connectivity index (χ1v) is 9.08. The lowest BCUT2D eigenvalue weighted by atomic mass is 9.39. The van der Waals surface area contributed by atoms with E-state index in [9.17, 15) is 18.0 Å². The molecule has 3 saturated carbocycles. The van der Waals surface area contributed by atoms with Crippen LogP contribution >= 0.6 is 0 Å². The smallest absolute Gasteiger partial charge is 0.394 e. The quantitative estimate of drug-likeness (QED) is 0.829. The van der Waals surface area contributed by atoms with Crippen molar-refractivity contribution in [2.24, 2.45) is 11.3 Å². The van der Waals surface area contributed by atoms with E-state index in [4.69, 9.17) is 4.42 Å². The average molecular weight is 395 g/mol. The van der Waals surface area contributed by atoms with Crippen LogP contribution in [0.1, 0.15) is 32.6 Å². The van der Waals surface area contributed by atoms with Crippen molar-refractivity contribution in [1.29, 1.82) is 0 Å². The second-order valence-electron chi connectivity index (χ2n) is 7.84. The highest BCUT2D eigenvalue weighted by Gasteiger charge is 2.78. The predicted molar refractivity (Wildman–Crippen MR) is 93.0 cm³/mol. The van der Waals surface area contributed by atoms with Crippen molar-refractivity contribution in [3.8, 4) is 11.6 Å². The molecule has 0 radical (unpaired) electrons. The molecular formula is C18H20F3N5O2. The first-order valence-electron chi connectivity index (χ1n) is 9.08. The van der Waals surface area contributed by atoms with Gasteiger partial charge in [-0.25, -0.2) is 4.98 Å². The standard InChI is InChI=1S/C13H11F3N4O.C5H9NO/c14-13(15,16)11-4-12(5-11,6-11)19-8-2-1-3-17-9(8)10-20-18-7-21-10;1-4-2-3-6-5(4)7/h1-3,7,19H,4-6H2;4H,2-3H2,1H3,(H,6,7). The molecule has 6 rings (SSSR count). The van der Waals surface area contributed by atoms with Crippen molar-refractivity contribution < 1.29 is 22.4 Å². The van der Waals surface area contributed by atoms with E-state index in [1.807, 2.05) is 6.92 Å². The number of amides is 1. The van der Waals surface area contributed by atoms with Crippen molar-refractivity contribution in [1.82, 2.24) is 20.5 Å². The molecule has 2 aromatic heterocycles. The van der Waals surface area contributed by atoms with Gasteiger partial charge in [0.2, 0.25) is 12.3 Å². The van der Waals surface area contributed by atoms with E-state index in [0.29, 0.717) is 11.4 Å². The van der Waals surface area contributed by atoms with Gasteiger partial charge in [-0.1, -0.05) is 6.92 Å². The van der Waals surface area contributed by atoms with Crippen LogP contribution in [0.3, 0.4) is 0 Å². The number of alkyl halides is 3. The second-order valence-corrected chi connectivity index (χ2v) is 7.84. The van der Waals surface area contributed by atoms with Gasteiger partial charge in [-0.3, -0.25) is 4.79 Å². The summed E-state index contributed by atoms with van der Waals surface area (Å²) >= 11 is 0. The van der Waals surface area contributed by atoms with Crippen molar-refractivity contribution in [2.45, 2.75) is 44.3 Å². The Morgan fingerprint density at radius 2 is 2.07 bits per heavy atom. The molecule has 0 aromatic carbocycles. The van der Waals surface area contributed by atoms with Gasteiger partial charge in [0.1, 0.15) is 0 Å². The van der Waals surface area contributed by atoms with Gasteiger partial charge in [0.25, 0.3) is 5.89 Å². The lowest BCUT2D eigenvalue weighted by Gasteiger charge is -2.70. The molecule has 2 aromatic rings. The van der Waals surface area contributed by atoms with Crippen LogP contribution in [0.15, 0.2) is 29.1 Å². The predicted octanol–water partition coefficient (Wildman–Crippen LogP) is 3.17. The van der Waals surface area contributed by atoms with Gasteiger partial charge in [0.05, 0.1) is 11.1 Å². The molecule has 7 nitrogen and oxygen atoms in total. The fourth-order valence-electron chi connectivity index (χ4n) is 4.18. The molecule has 1 amide bonds. The van der Waals surface area contributed by atoms with E-state index in [1.165, 1.54) is 6.39 Å². The summed E-state index contributed by atoms with van der Waals surface area (Å²) in [6.45, 7) is 2.82. The third-order valence-electron chi connectivity index (χ3n) is 5.73. The van der Waals surface area contributed by atoms with Crippen molar-refractivity contribution in [3.63, 3.8) is 0 Å². The molecule has 1 saturated heterocycles. The Hall–Kier alpha value is -2.65. The van der Waals surface area contributed by atoms with E-state index in [2.05, 4.69) is 25.8 Å². The van der Waals surface area contributed by atoms with Crippen LogP contribution in [0.25, 0.3) is 11.6 Å². The SMILES string of the molecule is CC1CCNC1=O.FC(F)(F)C12CC(Nc3cccnc3-c3nnco3)(C1)C2. The minimum atomic E-state index is -4.11. The number of hydrogen-bond acceptors (Lipinski definition) is 6. The average Bonchev–Trinajstić information content (AvgIpc) is 3.22. The summed E-state index contributed by atoms with van der Waals surface area (Å²) < 4.78 is 43.7. The van der Waals surface area contributed by atoms with Gasteiger partial charge in [-0.15, -0.1) is 10.2 Å². The summed E-state index contributed by atoms with van der Waals surface area (Å²) in [5.74, 6) is 0.718. The summed E-state index contributed by atoms with van der Waals surface area (Å²) in [5, 5.41) is 13.3. The van der Waals surface area contributed by atoms with E-state index in [-0.39, 0.29) is 37.0 Å². The highest BCUT2D eigenvalue weighted by atomic mass is 19.4. The van der Waals surface area contributed by atoms with Gasteiger partial charge in [-0.2, -0.15) is 13.2 Å². The Morgan fingerprint density at radius 1 is 1.32 bits per heavy atom. The third-order valence-corrected chi connectivity index (χ3v) is 5.73. The minimum Gasteiger partial charge on any atom is -0.422 e. The van der Waals surface area contributed by atoms with Crippen molar-refractivity contribution in [2.75, 3.05) is 11.9 Å². The van der Waals surface area contributed by atoms with Gasteiger partial charge < -0.3 is 15.1 Å². The molecule has 28 heavy (non-hydrogen) atoms. The second kappa shape index (κ2) is 6.46. The Bertz CT molecular complexity index is 849. The number of aromatic nitrogens is 3. The van der Waals surface area contributed by atoms with Crippen LogP contribution < -0.4 is 10.6 Å². The summed E-state index contributed by atoms with van der Waals surface area (Å²) in [7, 11) is 0. The number of nitrogens with zero attached hydrogens (tertiary/aromatic N) is 3. The number of carbonyl (C=O) groups excluding carboxylic acids is 1. The number of carbonyl (C=O) groups is 1. The molecule has 2 N–H and O–H groups in total. The van der Waals surface area contributed by atoms with E-state index < -0.39 is 17.1 Å². The molecule has 1 aliphatic heterocycles. The van der Waals surface area contributed by atoms with Crippen LogP contribution in [-0.4, -0.2) is 39.3 Å². The first-order chi connectivity index (χ1) is 13.2. The number of nitrogens with one attached hydrogen (secondary N) is 2. The number of halogens is 3. The van der Waals surface area contributed by atoms with Crippen molar-refractivity contribution >= 4 is 11.6 Å². The third kappa shape index (κ3) is 3.10. The summed E-state index contributed by atoms with van der Waals surface area (Å²) in [6, 6.07) is 3.47. The topological polar surface area (TPSA) is 92.9 Å². The molecule has 3 aliphatic carbocycles. The molecule has 150 valence electrons.